The Hall–Kier alpha value is -2.08. The summed E-state index contributed by atoms with van der Waals surface area (Å²) in [4.78, 5) is 19.6. The minimum absolute atomic E-state index is 0.0233. The van der Waals surface area contributed by atoms with Gasteiger partial charge < -0.3 is 19.5 Å². The summed E-state index contributed by atoms with van der Waals surface area (Å²) in [7, 11) is 2.01. The van der Waals surface area contributed by atoms with Gasteiger partial charge in [-0.25, -0.2) is 9.78 Å². The van der Waals surface area contributed by atoms with Crippen LogP contribution in [0.5, 0.6) is 0 Å². The number of likely N-dealkylation sites (tertiary alicyclic amines) is 1. The predicted molar refractivity (Wildman–Crippen MR) is 101 cm³/mol. The van der Waals surface area contributed by atoms with Gasteiger partial charge in [0.2, 0.25) is 0 Å². The summed E-state index contributed by atoms with van der Waals surface area (Å²) >= 11 is 0. The van der Waals surface area contributed by atoms with Crippen molar-refractivity contribution in [1.29, 1.82) is 0 Å². The van der Waals surface area contributed by atoms with Crippen molar-refractivity contribution in [3.05, 3.63) is 30.1 Å². The van der Waals surface area contributed by atoms with E-state index in [9.17, 15) is 4.79 Å². The van der Waals surface area contributed by atoms with Gasteiger partial charge in [0.1, 0.15) is 5.82 Å². The molecule has 3 heterocycles. The molecule has 0 aliphatic carbocycles. The molecular weight excluding hydrogens is 328 g/mol. The number of benzene rings is 1. The second-order valence-electron chi connectivity index (χ2n) is 7.83. The third-order valence-electron chi connectivity index (χ3n) is 6.05. The predicted octanol–water partition coefficient (Wildman–Crippen LogP) is 3.24. The third-order valence-corrected chi connectivity index (χ3v) is 6.05. The maximum Gasteiger partial charge on any atom is 0.317 e. The summed E-state index contributed by atoms with van der Waals surface area (Å²) in [5, 5.41) is 3.16. The van der Waals surface area contributed by atoms with E-state index in [1.165, 1.54) is 6.42 Å². The van der Waals surface area contributed by atoms with E-state index < -0.39 is 0 Å². The molecule has 2 amide bonds. The molecular formula is C20H28N4O2. The van der Waals surface area contributed by atoms with Crippen LogP contribution >= 0.6 is 0 Å². The fourth-order valence-electron chi connectivity index (χ4n) is 4.49. The normalized spacial score (nSPS) is 21.1. The van der Waals surface area contributed by atoms with Crippen LogP contribution in [0.1, 0.15) is 44.5 Å². The van der Waals surface area contributed by atoms with Gasteiger partial charge in [0.25, 0.3) is 0 Å². The van der Waals surface area contributed by atoms with E-state index in [0.29, 0.717) is 0 Å². The molecule has 0 saturated carbocycles. The minimum atomic E-state index is -0.132. The second kappa shape index (κ2) is 6.91. The first-order valence-corrected chi connectivity index (χ1v) is 9.63. The number of piperidine rings is 1. The molecule has 0 bridgehead atoms. The first-order chi connectivity index (χ1) is 12.6. The molecule has 26 heavy (non-hydrogen) atoms. The van der Waals surface area contributed by atoms with Gasteiger partial charge in [-0.2, -0.15) is 0 Å². The second-order valence-corrected chi connectivity index (χ2v) is 7.83. The summed E-state index contributed by atoms with van der Waals surface area (Å²) < 4.78 is 7.59. The number of nitrogens with one attached hydrogen (secondary N) is 1. The SMILES string of the molecule is C[C@@H](NC(=O)N1CCCC2(CCOCC2)C1)c1nc2ccccc2n1C. The first kappa shape index (κ1) is 17.3. The number of aryl methyl sites for hydroxylation is 1. The van der Waals surface area contributed by atoms with Gasteiger partial charge in [-0.1, -0.05) is 12.1 Å². The molecule has 2 aliphatic heterocycles. The summed E-state index contributed by atoms with van der Waals surface area (Å²) in [6, 6.07) is 7.96. The van der Waals surface area contributed by atoms with Crippen molar-refractivity contribution >= 4 is 17.1 Å². The lowest BCUT2D eigenvalue weighted by Crippen LogP contribution is -2.51. The maximum atomic E-state index is 12.9. The number of aromatic nitrogens is 2. The number of rotatable bonds is 2. The van der Waals surface area contributed by atoms with Crippen molar-refractivity contribution in [3.8, 4) is 0 Å². The smallest absolute Gasteiger partial charge is 0.317 e. The van der Waals surface area contributed by atoms with Crippen LogP contribution in [0.3, 0.4) is 0 Å². The van der Waals surface area contributed by atoms with E-state index in [0.717, 1.165) is 62.4 Å². The Morgan fingerprint density at radius 1 is 1.27 bits per heavy atom. The molecule has 1 N–H and O–H groups in total. The number of amides is 2. The van der Waals surface area contributed by atoms with Crippen LogP contribution < -0.4 is 5.32 Å². The standard InChI is InChI=1S/C20H28N4O2/c1-15(18-22-16-6-3-4-7-17(16)23(18)2)21-19(25)24-11-5-8-20(14-24)9-12-26-13-10-20/h3-4,6-7,15H,5,8-14H2,1-2H3,(H,21,25)/t15-/m1/s1. The lowest BCUT2D eigenvalue weighted by molar-refractivity contribution is -0.0187. The topological polar surface area (TPSA) is 59.4 Å². The van der Waals surface area contributed by atoms with Gasteiger partial charge in [0.05, 0.1) is 17.1 Å². The molecule has 4 rings (SSSR count). The molecule has 2 saturated heterocycles. The lowest BCUT2D eigenvalue weighted by Gasteiger charge is -2.45. The fraction of sp³-hybridized carbons (Fsp3) is 0.600. The monoisotopic (exact) mass is 356 g/mol. The van der Waals surface area contributed by atoms with Gasteiger partial charge in [0, 0.05) is 33.4 Å². The van der Waals surface area contributed by atoms with Crippen LogP contribution in [-0.2, 0) is 11.8 Å². The zero-order chi connectivity index (χ0) is 18.1. The molecule has 1 spiro atoms. The van der Waals surface area contributed by atoms with Gasteiger partial charge in [-0.15, -0.1) is 0 Å². The molecule has 0 unspecified atom stereocenters. The van der Waals surface area contributed by atoms with Crippen molar-refractivity contribution in [2.75, 3.05) is 26.3 Å². The number of hydrogen-bond acceptors (Lipinski definition) is 3. The molecule has 2 aliphatic rings. The number of hydrogen-bond donors (Lipinski definition) is 1. The Labute approximate surface area is 154 Å². The number of ether oxygens (including phenoxy) is 1. The van der Waals surface area contributed by atoms with Gasteiger partial charge in [0.15, 0.2) is 0 Å². The van der Waals surface area contributed by atoms with E-state index in [-0.39, 0.29) is 17.5 Å². The highest BCUT2D eigenvalue weighted by Gasteiger charge is 2.38. The molecule has 1 atom stereocenters. The number of urea groups is 1. The van der Waals surface area contributed by atoms with E-state index >= 15 is 0 Å². The van der Waals surface area contributed by atoms with Crippen molar-refractivity contribution < 1.29 is 9.53 Å². The first-order valence-electron chi connectivity index (χ1n) is 9.63. The van der Waals surface area contributed by atoms with Crippen LogP contribution in [0.2, 0.25) is 0 Å². The lowest BCUT2D eigenvalue weighted by atomic mass is 9.74. The van der Waals surface area contributed by atoms with Gasteiger partial charge >= 0.3 is 6.03 Å². The third kappa shape index (κ3) is 3.18. The molecule has 6 nitrogen and oxygen atoms in total. The number of para-hydroxylation sites is 2. The van der Waals surface area contributed by atoms with Crippen molar-refractivity contribution in [2.24, 2.45) is 12.5 Å². The molecule has 2 aromatic rings. The number of carbonyl (C=O) groups is 1. The summed E-state index contributed by atoms with van der Waals surface area (Å²) in [6.07, 6.45) is 4.42. The Morgan fingerprint density at radius 2 is 2.04 bits per heavy atom. The Bertz CT molecular complexity index is 789. The van der Waals surface area contributed by atoms with Crippen LogP contribution in [-0.4, -0.2) is 46.8 Å². The summed E-state index contributed by atoms with van der Waals surface area (Å²) in [5.41, 5.74) is 2.31. The highest BCUT2D eigenvalue weighted by Crippen LogP contribution is 2.39. The maximum absolute atomic E-state index is 12.9. The number of imidazole rings is 1. The number of carbonyl (C=O) groups excluding carboxylic acids is 1. The van der Waals surface area contributed by atoms with E-state index in [1.54, 1.807) is 0 Å². The highest BCUT2D eigenvalue weighted by atomic mass is 16.5. The zero-order valence-corrected chi connectivity index (χ0v) is 15.7. The van der Waals surface area contributed by atoms with E-state index in [2.05, 4.69) is 16.0 Å². The molecule has 0 radical (unpaired) electrons. The zero-order valence-electron chi connectivity index (χ0n) is 15.7. The number of nitrogens with zero attached hydrogens (tertiary/aromatic N) is 3. The molecule has 1 aromatic heterocycles. The molecule has 140 valence electrons. The highest BCUT2D eigenvalue weighted by molar-refractivity contribution is 5.77. The van der Waals surface area contributed by atoms with E-state index in [1.807, 2.05) is 37.1 Å². The van der Waals surface area contributed by atoms with Crippen LogP contribution in [0.15, 0.2) is 24.3 Å². The average Bonchev–Trinajstić information content (AvgIpc) is 2.99. The van der Waals surface area contributed by atoms with Crippen LogP contribution in [0.4, 0.5) is 4.79 Å². The van der Waals surface area contributed by atoms with Crippen molar-refractivity contribution in [2.45, 2.75) is 38.6 Å². The average molecular weight is 356 g/mol. The Balaban J connectivity index is 1.45. The molecule has 1 aromatic carbocycles. The van der Waals surface area contributed by atoms with Crippen LogP contribution in [0.25, 0.3) is 11.0 Å². The quantitative estimate of drug-likeness (QED) is 0.899. The van der Waals surface area contributed by atoms with Crippen molar-refractivity contribution in [3.63, 3.8) is 0 Å². The van der Waals surface area contributed by atoms with E-state index in [4.69, 9.17) is 9.72 Å². The largest absolute Gasteiger partial charge is 0.381 e. The van der Waals surface area contributed by atoms with Gasteiger partial charge in [-0.3, -0.25) is 0 Å². The summed E-state index contributed by atoms with van der Waals surface area (Å²) in [6.45, 7) is 5.34. The Morgan fingerprint density at radius 3 is 2.81 bits per heavy atom. The molecule has 2 fully saturated rings. The Kier molecular flexibility index (Phi) is 4.61. The van der Waals surface area contributed by atoms with Crippen molar-refractivity contribution in [1.82, 2.24) is 19.8 Å². The van der Waals surface area contributed by atoms with Gasteiger partial charge in [-0.05, 0) is 50.2 Å². The fourth-order valence-corrected chi connectivity index (χ4v) is 4.49. The summed E-state index contributed by atoms with van der Waals surface area (Å²) in [5.74, 6) is 0.886. The van der Waals surface area contributed by atoms with Crippen LogP contribution in [0, 0.1) is 5.41 Å². The number of fused-ring (bicyclic) bond motifs is 1. The molecule has 6 heteroatoms. The minimum Gasteiger partial charge on any atom is -0.381 e.